The van der Waals surface area contributed by atoms with Crippen molar-refractivity contribution in [2.75, 3.05) is 0 Å². The quantitative estimate of drug-likeness (QED) is 0.833. The number of carbonyl (C=O) groups is 1. The van der Waals surface area contributed by atoms with Crippen molar-refractivity contribution in [1.29, 1.82) is 0 Å². The largest absolute Gasteiger partial charge is 0.369 e. The van der Waals surface area contributed by atoms with Gasteiger partial charge in [0, 0.05) is 37.4 Å². The van der Waals surface area contributed by atoms with Gasteiger partial charge in [0.1, 0.15) is 0 Å². The van der Waals surface area contributed by atoms with Gasteiger partial charge in [0.05, 0.1) is 0 Å². The van der Waals surface area contributed by atoms with Crippen LogP contribution in [0.15, 0.2) is 18.5 Å². The van der Waals surface area contributed by atoms with E-state index in [0.717, 1.165) is 38.8 Å². The first kappa shape index (κ1) is 13.1. The SMILES string of the molecule is CCn1ccc(CNC2CCC(C(N)=O)CC2)c1. The number of amides is 1. The number of carbonyl (C=O) groups excluding carboxylic acids is 1. The lowest BCUT2D eigenvalue weighted by atomic mass is 9.85. The molecule has 1 aliphatic carbocycles. The summed E-state index contributed by atoms with van der Waals surface area (Å²) in [6.45, 7) is 4.07. The number of rotatable bonds is 5. The van der Waals surface area contributed by atoms with Crippen LogP contribution in [0.3, 0.4) is 0 Å². The van der Waals surface area contributed by atoms with Crippen molar-refractivity contribution in [3.63, 3.8) is 0 Å². The first-order valence-corrected chi connectivity index (χ1v) is 6.86. The summed E-state index contributed by atoms with van der Waals surface area (Å²) < 4.78 is 2.18. The number of primary amides is 1. The molecule has 100 valence electrons. The molecule has 2 rings (SSSR count). The monoisotopic (exact) mass is 249 g/mol. The summed E-state index contributed by atoms with van der Waals surface area (Å²) >= 11 is 0. The summed E-state index contributed by atoms with van der Waals surface area (Å²) in [7, 11) is 0. The number of hydrogen-bond acceptors (Lipinski definition) is 2. The van der Waals surface area contributed by atoms with Crippen molar-refractivity contribution in [3.8, 4) is 0 Å². The van der Waals surface area contributed by atoms with Crippen molar-refractivity contribution in [2.45, 2.75) is 51.7 Å². The van der Waals surface area contributed by atoms with Crippen LogP contribution in [0.1, 0.15) is 38.2 Å². The lowest BCUT2D eigenvalue weighted by Gasteiger charge is -2.27. The topological polar surface area (TPSA) is 60.1 Å². The van der Waals surface area contributed by atoms with Crippen molar-refractivity contribution >= 4 is 5.91 Å². The van der Waals surface area contributed by atoms with Gasteiger partial charge in [-0.2, -0.15) is 0 Å². The Morgan fingerprint density at radius 2 is 2.17 bits per heavy atom. The van der Waals surface area contributed by atoms with Gasteiger partial charge in [0.25, 0.3) is 0 Å². The molecule has 1 amide bonds. The molecule has 1 heterocycles. The number of hydrogen-bond donors (Lipinski definition) is 2. The predicted octanol–water partition coefficient (Wildman–Crippen LogP) is 1.64. The molecule has 0 aromatic carbocycles. The lowest BCUT2D eigenvalue weighted by molar-refractivity contribution is -0.122. The van der Waals surface area contributed by atoms with Crippen molar-refractivity contribution < 1.29 is 4.79 Å². The maximum absolute atomic E-state index is 11.1. The van der Waals surface area contributed by atoms with Crippen molar-refractivity contribution in [3.05, 3.63) is 24.0 Å². The van der Waals surface area contributed by atoms with Gasteiger partial charge in [0.2, 0.25) is 5.91 Å². The van der Waals surface area contributed by atoms with E-state index in [1.165, 1.54) is 5.56 Å². The molecule has 0 atom stereocenters. The molecule has 4 nitrogen and oxygen atoms in total. The van der Waals surface area contributed by atoms with E-state index < -0.39 is 0 Å². The Kier molecular flexibility index (Phi) is 4.42. The predicted molar refractivity (Wildman–Crippen MR) is 71.9 cm³/mol. The molecule has 1 aromatic heterocycles. The van der Waals surface area contributed by atoms with E-state index in [1.54, 1.807) is 0 Å². The maximum atomic E-state index is 11.1. The highest BCUT2D eigenvalue weighted by Crippen LogP contribution is 2.24. The minimum Gasteiger partial charge on any atom is -0.369 e. The minimum absolute atomic E-state index is 0.101. The normalized spacial score (nSPS) is 24.1. The van der Waals surface area contributed by atoms with E-state index in [-0.39, 0.29) is 11.8 Å². The molecule has 1 saturated carbocycles. The van der Waals surface area contributed by atoms with Gasteiger partial charge in [-0.3, -0.25) is 4.79 Å². The van der Waals surface area contributed by atoms with Gasteiger partial charge in [-0.05, 0) is 44.2 Å². The second-order valence-electron chi connectivity index (χ2n) is 5.18. The van der Waals surface area contributed by atoms with Gasteiger partial charge < -0.3 is 15.6 Å². The molecule has 1 aliphatic rings. The zero-order valence-corrected chi connectivity index (χ0v) is 11.1. The Balaban J connectivity index is 1.73. The van der Waals surface area contributed by atoms with Gasteiger partial charge in [0.15, 0.2) is 0 Å². The third-order valence-corrected chi connectivity index (χ3v) is 3.90. The maximum Gasteiger partial charge on any atom is 0.220 e. The summed E-state index contributed by atoms with van der Waals surface area (Å²) in [6, 6.07) is 2.69. The first-order valence-electron chi connectivity index (χ1n) is 6.86. The van der Waals surface area contributed by atoms with Crippen molar-refractivity contribution in [2.24, 2.45) is 11.7 Å². The molecule has 0 bridgehead atoms. The summed E-state index contributed by atoms with van der Waals surface area (Å²) in [5, 5.41) is 3.57. The zero-order valence-electron chi connectivity index (χ0n) is 11.1. The van der Waals surface area contributed by atoms with Gasteiger partial charge in [-0.25, -0.2) is 0 Å². The van der Waals surface area contributed by atoms with E-state index in [1.807, 2.05) is 0 Å². The Hall–Kier alpha value is -1.29. The Bertz CT molecular complexity index is 391. The summed E-state index contributed by atoms with van der Waals surface area (Å²) in [6.07, 6.45) is 8.28. The van der Waals surface area contributed by atoms with Gasteiger partial charge in [-0.15, -0.1) is 0 Å². The van der Waals surface area contributed by atoms with E-state index in [2.05, 4.69) is 35.3 Å². The molecule has 18 heavy (non-hydrogen) atoms. The average Bonchev–Trinajstić information content (AvgIpc) is 2.85. The second-order valence-corrected chi connectivity index (χ2v) is 5.18. The third-order valence-electron chi connectivity index (χ3n) is 3.90. The van der Waals surface area contributed by atoms with Crippen molar-refractivity contribution in [1.82, 2.24) is 9.88 Å². The van der Waals surface area contributed by atoms with Crippen LogP contribution in [0.5, 0.6) is 0 Å². The molecule has 0 unspecified atom stereocenters. The van der Waals surface area contributed by atoms with Crippen LogP contribution in [0.4, 0.5) is 0 Å². The third kappa shape index (κ3) is 3.35. The molecule has 0 aliphatic heterocycles. The average molecular weight is 249 g/mol. The van der Waals surface area contributed by atoms with Gasteiger partial charge >= 0.3 is 0 Å². The van der Waals surface area contributed by atoms with Crippen LogP contribution in [-0.4, -0.2) is 16.5 Å². The Morgan fingerprint density at radius 1 is 1.44 bits per heavy atom. The molecule has 4 heteroatoms. The summed E-state index contributed by atoms with van der Waals surface area (Å²) in [5.74, 6) is -0.0299. The van der Waals surface area contributed by atoms with E-state index in [9.17, 15) is 4.79 Å². The zero-order chi connectivity index (χ0) is 13.0. The standard InChI is InChI=1S/C14H23N3O/c1-2-17-8-7-11(10-17)9-16-13-5-3-12(4-6-13)14(15)18/h7-8,10,12-13,16H,2-6,9H2,1H3,(H2,15,18). The summed E-state index contributed by atoms with van der Waals surface area (Å²) in [5.41, 5.74) is 6.66. The lowest BCUT2D eigenvalue weighted by Crippen LogP contribution is -2.36. The summed E-state index contributed by atoms with van der Waals surface area (Å²) in [4.78, 5) is 11.1. The fraction of sp³-hybridized carbons (Fsp3) is 0.643. The molecular weight excluding hydrogens is 226 g/mol. The molecule has 1 aromatic rings. The Labute approximate surface area is 109 Å². The van der Waals surface area contributed by atoms with Crippen LogP contribution in [0, 0.1) is 5.92 Å². The molecular formula is C14H23N3O. The fourth-order valence-corrected chi connectivity index (χ4v) is 2.64. The molecule has 0 spiro atoms. The van der Waals surface area contributed by atoms with E-state index in [4.69, 9.17) is 5.73 Å². The highest BCUT2D eigenvalue weighted by molar-refractivity contribution is 5.76. The molecule has 0 saturated heterocycles. The van der Waals surface area contributed by atoms with E-state index >= 15 is 0 Å². The van der Waals surface area contributed by atoms with Crippen LogP contribution in [-0.2, 0) is 17.9 Å². The fourth-order valence-electron chi connectivity index (χ4n) is 2.64. The number of aryl methyl sites for hydroxylation is 1. The minimum atomic E-state index is -0.131. The van der Waals surface area contributed by atoms with E-state index in [0.29, 0.717) is 6.04 Å². The highest BCUT2D eigenvalue weighted by atomic mass is 16.1. The smallest absolute Gasteiger partial charge is 0.220 e. The second kappa shape index (κ2) is 6.05. The molecule has 0 radical (unpaired) electrons. The van der Waals surface area contributed by atoms with Gasteiger partial charge in [-0.1, -0.05) is 0 Å². The number of nitrogens with zero attached hydrogens (tertiary/aromatic N) is 1. The molecule has 3 N–H and O–H groups in total. The molecule has 1 fully saturated rings. The number of nitrogens with two attached hydrogens (primary N) is 1. The first-order chi connectivity index (χ1) is 8.69. The van der Waals surface area contributed by atoms with Crippen LogP contribution in [0.25, 0.3) is 0 Å². The Morgan fingerprint density at radius 3 is 2.72 bits per heavy atom. The number of aromatic nitrogens is 1. The van der Waals surface area contributed by atoms with Crippen LogP contribution >= 0.6 is 0 Å². The van der Waals surface area contributed by atoms with Crippen LogP contribution < -0.4 is 11.1 Å². The van der Waals surface area contributed by atoms with Crippen LogP contribution in [0.2, 0.25) is 0 Å². The highest BCUT2D eigenvalue weighted by Gasteiger charge is 2.24. The number of nitrogens with one attached hydrogen (secondary N) is 1.